The van der Waals surface area contributed by atoms with Crippen molar-refractivity contribution in [3.63, 3.8) is 0 Å². The van der Waals surface area contributed by atoms with E-state index in [9.17, 15) is 0 Å². The van der Waals surface area contributed by atoms with E-state index in [2.05, 4.69) is 31.0 Å². The third-order valence-electron chi connectivity index (χ3n) is 3.43. The van der Waals surface area contributed by atoms with Gasteiger partial charge in [-0.15, -0.1) is 0 Å². The number of rotatable bonds is 9. The third-order valence-corrected chi connectivity index (χ3v) is 3.43. The van der Waals surface area contributed by atoms with Crippen molar-refractivity contribution in [1.29, 1.82) is 0 Å². The fourth-order valence-corrected chi connectivity index (χ4v) is 2.27. The summed E-state index contributed by atoms with van der Waals surface area (Å²) in [6, 6.07) is 0. The Morgan fingerprint density at radius 2 is 2.06 bits per heavy atom. The first-order valence-corrected chi connectivity index (χ1v) is 7.15. The molecule has 1 rings (SSSR count). The largest absolute Gasteiger partial charge is 0.380 e. The lowest BCUT2D eigenvalue weighted by Gasteiger charge is -2.19. The van der Waals surface area contributed by atoms with Crippen molar-refractivity contribution in [3.8, 4) is 0 Å². The van der Waals surface area contributed by atoms with Crippen molar-refractivity contribution in [3.05, 3.63) is 0 Å². The van der Waals surface area contributed by atoms with Crippen LogP contribution in [0.4, 0.5) is 0 Å². The number of ether oxygens (including phenoxy) is 1. The molecule has 17 heavy (non-hydrogen) atoms. The van der Waals surface area contributed by atoms with Gasteiger partial charge >= 0.3 is 0 Å². The highest BCUT2D eigenvalue weighted by molar-refractivity contribution is 4.82. The van der Waals surface area contributed by atoms with E-state index in [0.717, 1.165) is 26.3 Å². The molecule has 0 amide bonds. The molecule has 0 saturated carbocycles. The smallest absolute Gasteiger partial charge is 0.0590 e. The Morgan fingerprint density at radius 1 is 1.24 bits per heavy atom. The zero-order chi connectivity index (χ0) is 12.6. The molecule has 102 valence electrons. The first-order valence-electron chi connectivity index (χ1n) is 7.15. The van der Waals surface area contributed by atoms with Crippen LogP contribution in [0.15, 0.2) is 0 Å². The molecule has 1 heterocycles. The van der Waals surface area contributed by atoms with Gasteiger partial charge in [0.1, 0.15) is 0 Å². The molecule has 0 aromatic heterocycles. The van der Waals surface area contributed by atoms with E-state index in [0.29, 0.717) is 5.41 Å². The van der Waals surface area contributed by atoms with Gasteiger partial charge in [0.05, 0.1) is 6.61 Å². The monoisotopic (exact) mass is 242 g/mol. The molecule has 1 saturated heterocycles. The van der Waals surface area contributed by atoms with Crippen LogP contribution in [0.2, 0.25) is 0 Å². The number of nitrogens with one attached hydrogen (secondary N) is 1. The van der Waals surface area contributed by atoms with Gasteiger partial charge in [0.15, 0.2) is 0 Å². The molecular formula is C14H30N2O. The van der Waals surface area contributed by atoms with Gasteiger partial charge in [0, 0.05) is 32.8 Å². The average molecular weight is 242 g/mol. The maximum absolute atomic E-state index is 5.50. The average Bonchev–Trinajstić information content (AvgIpc) is 2.62. The minimum atomic E-state index is 0.531. The van der Waals surface area contributed by atoms with E-state index in [-0.39, 0.29) is 0 Å². The fourth-order valence-electron chi connectivity index (χ4n) is 2.27. The third kappa shape index (κ3) is 7.02. The predicted molar refractivity (Wildman–Crippen MR) is 73.4 cm³/mol. The molecule has 0 atom stereocenters. The number of hydrogen-bond acceptors (Lipinski definition) is 3. The molecule has 0 spiro atoms. The van der Waals surface area contributed by atoms with Crippen LogP contribution < -0.4 is 5.32 Å². The van der Waals surface area contributed by atoms with Crippen LogP contribution in [0.1, 0.15) is 40.0 Å². The van der Waals surface area contributed by atoms with Gasteiger partial charge in [-0.1, -0.05) is 27.2 Å². The summed E-state index contributed by atoms with van der Waals surface area (Å²) in [6.45, 7) is 14.5. The maximum atomic E-state index is 5.50. The van der Waals surface area contributed by atoms with Gasteiger partial charge in [0.25, 0.3) is 0 Å². The van der Waals surface area contributed by atoms with E-state index >= 15 is 0 Å². The second-order valence-corrected chi connectivity index (χ2v) is 5.91. The maximum Gasteiger partial charge on any atom is 0.0590 e. The van der Waals surface area contributed by atoms with Gasteiger partial charge < -0.3 is 15.0 Å². The lowest BCUT2D eigenvalue weighted by atomic mass is 9.93. The van der Waals surface area contributed by atoms with E-state index in [1.54, 1.807) is 0 Å². The molecule has 0 aromatic rings. The quantitative estimate of drug-likeness (QED) is 0.627. The summed E-state index contributed by atoms with van der Waals surface area (Å²) in [7, 11) is 0. The Hall–Kier alpha value is -0.120. The fraction of sp³-hybridized carbons (Fsp3) is 1.00. The molecule has 3 heteroatoms. The highest BCUT2D eigenvalue weighted by atomic mass is 16.5. The predicted octanol–water partition coefficient (Wildman–Crippen LogP) is 2.12. The van der Waals surface area contributed by atoms with Crippen LogP contribution in [0.3, 0.4) is 0 Å². The van der Waals surface area contributed by atoms with Crippen molar-refractivity contribution in [2.45, 2.75) is 40.0 Å². The lowest BCUT2D eigenvalue weighted by Crippen LogP contribution is -2.33. The molecule has 1 aliphatic rings. The highest BCUT2D eigenvalue weighted by Gasteiger charge is 2.28. The second-order valence-electron chi connectivity index (χ2n) is 5.91. The molecule has 3 nitrogen and oxygen atoms in total. The van der Waals surface area contributed by atoms with E-state index in [1.807, 2.05) is 0 Å². The van der Waals surface area contributed by atoms with Crippen molar-refractivity contribution in [2.75, 3.05) is 45.9 Å². The van der Waals surface area contributed by atoms with Gasteiger partial charge in [-0.2, -0.15) is 0 Å². The Bertz CT molecular complexity index is 195. The molecule has 0 unspecified atom stereocenters. The second kappa shape index (κ2) is 8.06. The van der Waals surface area contributed by atoms with Crippen LogP contribution in [-0.4, -0.2) is 50.8 Å². The van der Waals surface area contributed by atoms with E-state index in [1.165, 1.54) is 38.9 Å². The molecule has 1 N–H and O–H groups in total. The van der Waals surface area contributed by atoms with Gasteiger partial charge in [-0.05, 0) is 24.8 Å². The number of hydrogen-bond donors (Lipinski definition) is 1. The Labute approximate surface area is 107 Å². The molecule has 1 fully saturated rings. The zero-order valence-corrected chi connectivity index (χ0v) is 11.9. The lowest BCUT2D eigenvalue weighted by molar-refractivity contribution is 0.132. The first kappa shape index (κ1) is 14.9. The summed E-state index contributed by atoms with van der Waals surface area (Å²) in [5.74, 6) is 0. The van der Waals surface area contributed by atoms with Crippen LogP contribution in [0, 0.1) is 5.41 Å². The molecule has 0 aromatic carbocycles. The van der Waals surface area contributed by atoms with Crippen LogP contribution >= 0.6 is 0 Å². The summed E-state index contributed by atoms with van der Waals surface area (Å²) in [4.78, 5) is 2.56. The summed E-state index contributed by atoms with van der Waals surface area (Å²) >= 11 is 0. The normalized spacial score (nSPS) is 19.9. The Balaban J connectivity index is 1.85. The van der Waals surface area contributed by atoms with Crippen molar-refractivity contribution in [1.82, 2.24) is 10.2 Å². The van der Waals surface area contributed by atoms with E-state index < -0.39 is 0 Å². The minimum Gasteiger partial charge on any atom is -0.380 e. The molecule has 0 aliphatic carbocycles. The molecule has 0 radical (unpaired) electrons. The molecular weight excluding hydrogens is 212 g/mol. The van der Waals surface area contributed by atoms with Crippen molar-refractivity contribution >= 4 is 0 Å². The minimum absolute atomic E-state index is 0.531. The Kier molecular flexibility index (Phi) is 7.09. The topological polar surface area (TPSA) is 24.5 Å². The van der Waals surface area contributed by atoms with Gasteiger partial charge in [-0.3, -0.25) is 0 Å². The van der Waals surface area contributed by atoms with Gasteiger partial charge in [-0.25, -0.2) is 0 Å². The highest BCUT2D eigenvalue weighted by Crippen LogP contribution is 2.28. The van der Waals surface area contributed by atoms with Crippen LogP contribution in [-0.2, 0) is 4.74 Å². The summed E-state index contributed by atoms with van der Waals surface area (Å²) < 4.78 is 5.50. The standard InChI is InChI=1S/C14H30N2O/c1-4-5-11-17-12-8-15-7-10-16-9-6-14(2,3)13-16/h15H,4-13H2,1-3H3. The number of unbranched alkanes of at least 4 members (excludes halogenated alkanes) is 1. The van der Waals surface area contributed by atoms with Crippen molar-refractivity contribution < 1.29 is 4.74 Å². The van der Waals surface area contributed by atoms with Crippen LogP contribution in [0.5, 0.6) is 0 Å². The number of nitrogens with zero attached hydrogens (tertiary/aromatic N) is 1. The molecule has 1 aliphatic heterocycles. The van der Waals surface area contributed by atoms with E-state index in [4.69, 9.17) is 4.74 Å². The molecule has 0 bridgehead atoms. The summed E-state index contributed by atoms with van der Waals surface area (Å²) in [5.41, 5.74) is 0.531. The van der Waals surface area contributed by atoms with Crippen molar-refractivity contribution in [2.24, 2.45) is 5.41 Å². The Morgan fingerprint density at radius 3 is 2.71 bits per heavy atom. The summed E-state index contributed by atoms with van der Waals surface area (Å²) in [6.07, 6.45) is 3.74. The zero-order valence-electron chi connectivity index (χ0n) is 11.9. The first-order chi connectivity index (χ1) is 8.14. The SMILES string of the molecule is CCCCOCCNCCN1CCC(C)(C)C1. The number of likely N-dealkylation sites (tertiary alicyclic amines) is 1. The van der Waals surface area contributed by atoms with Crippen LogP contribution in [0.25, 0.3) is 0 Å². The summed E-state index contributed by atoms with van der Waals surface area (Å²) in [5, 5.41) is 3.45. The van der Waals surface area contributed by atoms with Gasteiger partial charge in [0.2, 0.25) is 0 Å².